The van der Waals surface area contributed by atoms with E-state index in [-0.39, 0.29) is 0 Å². The molecule has 2 aromatic carbocycles. The van der Waals surface area contributed by atoms with Crippen molar-refractivity contribution in [1.29, 1.82) is 0 Å². The van der Waals surface area contributed by atoms with Crippen molar-refractivity contribution < 1.29 is 0 Å². The molecule has 0 unspecified atom stereocenters. The van der Waals surface area contributed by atoms with Crippen LogP contribution in [-0.2, 0) is 0 Å². The lowest BCUT2D eigenvalue weighted by molar-refractivity contribution is 1.18. The summed E-state index contributed by atoms with van der Waals surface area (Å²) in [5.74, 6) is 0. The average molecular weight is 223 g/mol. The first-order valence-corrected chi connectivity index (χ1v) is 5.75. The Bertz CT molecular complexity index is 529. The highest BCUT2D eigenvalue weighted by atomic mass is 15.1. The highest BCUT2D eigenvalue weighted by Gasteiger charge is 2.08. The third-order valence-corrected chi connectivity index (χ3v) is 2.99. The van der Waals surface area contributed by atoms with Crippen LogP contribution in [0.1, 0.15) is 11.1 Å². The number of anilines is 2. The van der Waals surface area contributed by atoms with Crippen LogP contribution in [-0.4, -0.2) is 7.05 Å². The van der Waals surface area contributed by atoms with Crippen molar-refractivity contribution in [3.63, 3.8) is 0 Å². The summed E-state index contributed by atoms with van der Waals surface area (Å²) in [5, 5.41) is 0. The monoisotopic (exact) mass is 223 g/mol. The van der Waals surface area contributed by atoms with E-state index >= 15 is 0 Å². The minimum atomic E-state index is 1.15. The molecule has 0 bridgehead atoms. The van der Waals surface area contributed by atoms with Crippen LogP contribution < -0.4 is 4.90 Å². The average Bonchev–Trinajstić information content (AvgIpc) is 2.38. The summed E-state index contributed by atoms with van der Waals surface area (Å²) in [7, 11) is 2.09. The third kappa shape index (κ3) is 2.23. The van der Waals surface area contributed by atoms with Gasteiger partial charge in [0.1, 0.15) is 0 Å². The summed E-state index contributed by atoms with van der Waals surface area (Å²) in [5.41, 5.74) is 4.82. The van der Waals surface area contributed by atoms with Crippen LogP contribution in [0.5, 0.6) is 0 Å². The van der Waals surface area contributed by atoms with Gasteiger partial charge in [0.2, 0.25) is 0 Å². The zero-order valence-corrected chi connectivity index (χ0v) is 10.4. The lowest BCUT2D eigenvalue weighted by Crippen LogP contribution is -2.11. The van der Waals surface area contributed by atoms with Crippen LogP contribution in [0, 0.1) is 6.92 Å². The molecule has 0 aliphatic heterocycles. The minimum absolute atomic E-state index is 1.15. The molecule has 0 atom stereocenters. The molecule has 0 saturated carbocycles. The summed E-state index contributed by atoms with van der Waals surface area (Å²) < 4.78 is 0. The van der Waals surface area contributed by atoms with Gasteiger partial charge in [-0.1, -0.05) is 49.1 Å². The Morgan fingerprint density at radius 2 is 1.53 bits per heavy atom. The SMILES string of the molecule is C=Cc1ccccc1N(C)c1ccccc1C. The predicted molar refractivity (Wildman–Crippen MR) is 75.8 cm³/mol. The number of benzene rings is 2. The molecule has 0 heterocycles. The molecule has 2 aromatic rings. The lowest BCUT2D eigenvalue weighted by Gasteiger charge is -2.23. The molecular weight excluding hydrogens is 206 g/mol. The molecule has 1 nitrogen and oxygen atoms in total. The van der Waals surface area contributed by atoms with Gasteiger partial charge in [0.05, 0.1) is 0 Å². The van der Waals surface area contributed by atoms with Gasteiger partial charge in [0.15, 0.2) is 0 Å². The van der Waals surface area contributed by atoms with Gasteiger partial charge >= 0.3 is 0 Å². The fourth-order valence-electron chi connectivity index (χ4n) is 2.04. The van der Waals surface area contributed by atoms with Crippen molar-refractivity contribution in [2.75, 3.05) is 11.9 Å². The Morgan fingerprint density at radius 3 is 2.18 bits per heavy atom. The molecule has 0 saturated heterocycles. The van der Waals surface area contributed by atoms with E-state index in [4.69, 9.17) is 0 Å². The number of rotatable bonds is 3. The Balaban J connectivity index is 2.47. The van der Waals surface area contributed by atoms with Gasteiger partial charge < -0.3 is 4.90 Å². The van der Waals surface area contributed by atoms with E-state index in [2.05, 4.69) is 67.9 Å². The largest absolute Gasteiger partial charge is 0.344 e. The standard InChI is InChI=1S/C16H17N/c1-4-14-10-6-8-12-16(14)17(3)15-11-7-5-9-13(15)2/h4-12H,1H2,2-3H3. The second-order valence-electron chi connectivity index (χ2n) is 4.11. The molecule has 0 spiro atoms. The molecular formula is C16H17N. The molecule has 0 aliphatic carbocycles. The van der Waals surface area contributed by atoms with E-state index in [9.17, 15) is 0 Å². The van der Waals surface area contributed by atoms with Gasteiger partial charge in [0, 0.05) is 18.4 Å². The van der Waals surface area contributed by atoms with Crippen LogP contribution in [0.4, 0.5) is 11.4 Å². The van der Waals surface area contributed by atoms with E-state index in [1.54, 1.807) is 0 Å². The van der Waals surface area contributed by atoms with Crippen LogP contribution in [0.15, 0.2) is 55.1 Å². The van der Waals surface area contributed by atoms with Gasteiger partial charge in [-0.3, -0.25) is 0 Å². The summed E-state index contributed by atoms with van der Waals surface area (Å²) in [4.78, 5) is 2.20. The molecule has 0 amide bonds. The Labute approximate surface area is 103 Å². The maximum absolute atomic E-state index is 3.86. The molecule has 0 radical (unpaired) electrons. The van der Waals surface area contributed by atoms with E-state index in [1.807, 2.05) is 12.1 Å². The first-order chi connectivity index (χ1) is 8.24. The van der Waals surface area contributed by atoms with Crippen molar-refractivity contribution in [1.82, 2.24) is 0 Å². The highest BCUT2D eigenvalue weighted by Crippen LogP contribution is 2.29. The molecule has 0 fully saturated rings. The molecule has 17 heavy (non-hydrogen) atoms. The fourth-order valence-corrected chi connectivity index (χ4v) is 2.04. The zero-order valence-electron chi connectivity index (χ0n) is 10.4. The summed E-state index contributed by atoms with van der Waals surface area (Å²) in [6.45, 7) is 5.99. The maximum Gasteiger partial charge on any atom is 0.0481 e. The fraction of sp³-hybridized carbons (Fsp3) is 0.125. The second-order valence-corrected chi connectivity index (χ2v) is 4.11. The van der Waals surface area contributed by atoms with Crippen LogP contribution in [0.2, 0.25) is 0 Å². The lowest BCUT2D eigenvalue weighted by atomic mass is 10.1. The summed E-state index contributed by atoms with van der Waals surface area (Å²) in [6, 6.07) is 16.7. The van der Waals surface area contributed by atoms with Gasteiger partial charge in [-0.15, -0.1) is 0 Å². The molecule has 0 aliphatic rings. The zero-order chi connectivity index (χ0) is 12.3. The summed E-state index contributed by atoms with van der Waals surface area (Å²) in [6.07, 6.45) is 1.89. The topological polar surface area (TPSA) is 3.24 Å². The third-order valence-electron chi connectivity index (χ3n) is 2.99. The number of para-hydroxylation sites is 2. The second kappa shape index (κ2) is 4.88. The van der Waals surface area contributed by atoms with Crippen LogP contribution >= 0.6 is 0 Å². The number of hydrogen-bond donors (Lipinski definition) is 0. The highest BCUT2D eigenvalue weighted by molar-refractivity contribution is 5.74. The Morgan fingerprint density at radius 1 is 0.941 bits per heavy atom. The van der Waals surface area contributed by atoms with Crippen LogP contribution in [0.25, 0.3) is 6.08 Å². The minimum Gasteiger partial charge on any atom is -0.344 e. The van der Waals surface area contributed by atoms with E-state index < -0.39 is 0 Å². The van der Waals surface area contributed by atoms with Gasteiger partial charge in [-0.25, -0.2) is 0 Å². The number of hydrogen-bond acceptors (Lipinski definition) is 1. The normalized spacial score (nSPS) is 10.0. The molecule has 2 rings (SSSR count). The summed E-state index contributed by atoms with van der Waals surface area (Å²) >= 11 is 0. The van der Waals surface area contributed by atoms with Crippen molar-refractivity contribution in [3.8, 4) is 0 Å². The molecule has 1 heteroatoms. The van der Waals surface area contributed by atoms with E-state index in [0.717, 1.165) is 5.56 Å². The predicted octanol–water partition coefficient (Wildman–Crippen LogP) is 4.41. The first kappa shape index (κ1) is 11.5. The van der Waals surface area contributed by atoms with Crippen molar-refractivity contribution in [3.05, 3.63) is 66.2 Å². The van der Waals surface area contributed by atoms with Crippen molar-refractivity contribution in [2.24, 2.45) is 0 Å². The first-order valence-electron chi connectivity index (χ1n) is 5.75. The molecule has 86 valence electrons. The Hall–Kier alpha value is -2.02. The van der Waals surface area contributed by atoms with E-state index in [1.165, 1.54) is 16.9 Å². The molecule has 0 N–H and O–H groups in total. The quantitative estimate of drug-likeness (QED) is 0.745. The number of aryl methyl sites for hydroxylation is 1. The Kier molecular flexibility index (Phi) is 3.29. The van der Waals surface area contributed by atoms with E-state index in [0.29, 0.717) is 0 Å². The van der Waals surface area contributed by atoms with Gasteiger partial charge in [-0.05, 0) is 30.2 Å². The smallest absolute Gasteiger partial charge is 0.0481 e. The van der Waals surface area contributed by atoms with Crippen molar-refractivity contribution in [2.45, 2.75) is 6.92 Å². The van der Waals surface area contributed by atoms with Crippen molar-refractivity contribution >= 4 is 17.5 Å². The van der Waals surface area contributed by atoms with Gasteiger partial charge in [-0.2, -0.15) is 0 Å². The number of nitrogens with zero attached hydrogens (tertiary/aromatic N) is 1. The van der Waals surface area contributed by atoms with Gasteiger partial charge in [0.25, 0.3) is 0 Å². The van der Waals surface area contributed by atoms with Crippen LogP contribution in [0.3, 0.4) is 0 Å². The maximum atomic E-state index is 3.86. The molecule has 0 aromatic heterocycles.